The van der Waals surface area contributed by atoms with Crippen LogP contribution in [0.15, 0.2) is 18.5 Å². The lowest BCUT2D eigenvalue weighted by Gasteiger charge is -2.27. The summed E-state index contributed by atoms with van der Waals surface area (Å²) < 4.78 is 1.66. The van der Waals surface area contributed by atoms with E-state index in [1.807, 2.05) is 12.3 Å². The van der Waals surface area contributed by atoms with Crippen molar-refractivity contribution >= 4 is 11.9 Å². The third-order valence-electron chi connectivity index (χ3n) is 3.25. The highest BCUT2D eigenvalue weighted by atomic mass is 15.4. The Hall–Kier alpha value is -2.22. The maximum Gasteiger partial charge on any atom is 0.257 e. The molecule has 0 spiro atoms. The number of rotatable bonds is 5. The molecular weight excluding hydrogens is 268 g/mol. The molecule has 3 heterocycles. The molecule has 0 saturated carbocycles. The fourth-order valence-corrected chi connectivity index (χ4v) is 2.17. The Balaban J connectivity index is 1.92. The van der Waals surface area contributed by atoms with Crippen molar-refractivity contribution in [2.24, 2.45) is 0 Å². The van der Waals surface area contributed by atoms with Crippen molar-refractivity contribution < 1.29 is 0 Å². The Labute approximate surface area is 123 Å². The van der Waals surface area contributed by atoms with Crippen molar-refractivity contribution in [2.75, 3.05) is 42.9 Å². The summed E-state index contributed by atoms with van der Waals surface area (Å²) in [5, 5.41) is 10.8. The van der Waals surface area contributed by atoms with E-state index < -0.39 is 0 Å². The topological polar surface area (TPSA) is 83.8 Å². The van der Waals surface area contributed by atoms with E-state index >= 15 is 0 Å². The molecule has 1 saturated heterocycles. The van der Waals surface area contributed by atoms with Crippen LogP contribution in [0.4, 0.5) is 11.9 Å². The molecule has 2 N–H and O–H groups in total. The van der Waals surface area contributed by atoms with Gasteiger partial charge in [0.25, 0.3) is 5.95 Å². The molecule has 0 radical (unpaired) electrons. The summed E-state index contributed by atoms with van der Waals surface area (Å²) in [7, 11) is 0. The van der Waals surface area contributed by atoms with Gasteiger partial charge >= 0.3 is 0 Å². The maximum atomic E-state index is 4.54. The average molecular weight is 288 g/mol. The molecule has 2 aromatic rings. The molecule has 21 heavy (non-hydrogen) atoms. The number of aromatic nitrogens is 5. The van der Waals surface area contributed by atoms with Gasteiger partial charge in [0.05, 0.1) is 0 Å². The highest BCUT2D eigenvalue weighted by Gasteiger charge is 2.16. The lowest BCUT2D eigenvalue weighted by molar-refractivity contribution is 0.577. The second kappa shape index (κ2) is 6.49. The van der Waals surface area contributed by atoms with Crippen molar-refractivity contribution in [3.8, 4) is 5.95 Å². The van der Waals surface area contributed by atoms with Crippen molar-refractivity contribution in [1.29, 1.82) is 0 Å². The van der Waals surface area contributed by atoms with E-state index in [-0.39, 0.29) is 0 Å². The van der Waals surface area contributed by atoms with Crippen LogP contribution in [-0.4, -0.2) is 57.5 Å². The van der Waals surface area contributed by atoms with Crippen LogP contribution in [0.2, 0.25) is 0 Å². The summed E-state index contributed by atoms with van der Waals surface area (Å²) >= 11 is 0. The van der Waals surface area contributed by atoms with Gasteiger partial charge in [-0.1, -0.05) is 6.92 Å². The average Bonchev–Trinajstić information content (AvgIpc) is 3.08. The summed E-state index contributed by atoms with van der Waals surface area (Å²) in [4.78, 5) is 15.7. The van der Waals surface area contributed by atoms with E-state index in [2.05, 4.69) is 42.5 Å². The lowest BCUT2D eigenvalue weighted by atomic mass is 10.4. The fraction of sp³-hybridized carbons (Fsp3) is 0.538. The SMILES string of the molecule is CCCNc1nc(N2CCNCC2)nc(-n2cccn2)n1. The zero-order chi connectivity index (χ0) is 14.5. The molecule has 3 rings (SSSR count). The Bertz CT molecular complexity index is 562. The quantitative estimate of drug-likeness (QED) is 0.818. The number of hydrogen-bond acceptors (Lipinski definition) is 7. The van der Waals surface area contributed by atoms with Crippen LogP contribution >= 0.6 is 0 Å². The Kier molecular flexibility index (Phi) is 4.25. The molecule has 1 aliphatic rings. The Morgan fingerprint density at radius 1 is 1.19 bits per heavy atom. The molecule has 8 nitrogen and oxygen atoms in total. The summed E-state index contributed by atoms with van der Waals surface area (Å²) in [6, 6.07) is 1.85. The summed E-state index contributed by atoms with van der Waals surface area (Å²) in [5.41, 5.74) is 0. The van der Waals surface area contributed by atoms with Crippen molar-refractivity contribution in [1.82, 2.24) is 30.0 Å². The monoisotopic (exact) mass is 288 g/mol. The van der Waals surface area contributed by atoms with Crippen LogP contribution in [0, 0.1) is 0 Å². The van der Waals surface area contributed by atoms with Crippen molar-refractivity contribution in [2.45, 2.75) is 13.3 Å². The van der Waals surface area contributed by atoms with Crippen LogP contribution in [0.3, 0.4) is 0 Å². The van der Waals surface area contributed by atoms with Crippen LogP contribution in [0.5, 0.6) is 0 Å². The highest BCUT2D eigenvalue weighted by molar-refractivity contribution is 5.40. The molecule has 0 amide bonds. The third kappa shape index (κ3) is 3.27. The van der Waals surface area contributed by atoms with Crippen molar-refractivity contribution in [3.63, 3.8) is 0 Å². The van der Waals surface area contributed by atoms with Gasteiger partial charge in [-0.25, -0.2) is 4.68 Å². The van der Waals surface area contributed by atoms with E-state index in [1.165, 1.54) is 0 Å². The van der Waals surface area contributed by atoms with E-state index in [9.17, 15) is 0 Å². The summed E-state index contributed by atoms with van der Waals surface area (Å²) in [6.45, 7) is 6.63. The van der Waals surface area contributed by atoms with Gasteiger partial charge in [0, 0.05) is 45.1 Å². The van der Waals surface area contributed by atoms with Crippen LogP contribution in [0.1, 0.15) is 13.3 Å². The molecule has 112 valence electrons. The normalized spacial score (nSPS) is 15.2. The standard InChI is InChI=1S/C13H20N8/c1-2-4-15-11-17-12(20-9-6-14-7-10-20)19-13(18-11)21-8-3-5-16-21/h3,5,8,14H,2,4,6-7,9-10H2,1H3,(H,15,17,18,19). The fourth-order valence-electron chi connectivity index (χ4n) is 2.17. The lowest BCUT2D eigenvalue weighted by Crippen LogP contribution is -2.44. The zero-order valence-corrected chi connectivity index (χ0v) is 12.2. The number of nitrogens with one attached hydrogen (secondary N) is 2. The molecule has 0 unspecified atom stereocenters. The minimum atomic E-state index is 0.544. The smallest absolute Gasteiger partial charge is 0.257 e. The molecular formula is C13H20N8. The minimum absolute atomic E-state index is 0.544. The van der Waals surface area contributed by atoms with E-state index in [0.717, 1.165) is 39.1 Å². The molecule has 2 aromatic heterocycles. The second-order valence-corrected chi connectivity index (χ2v) is 4.87. The van der Waals surface area contributed by atoms with E-state index in [4.69, 9.17) is 0 Å². The highest BCUT2D eigenvalue weighted by Crippen LogP contribution is 2.13. The first-order valence-electron chi connectivity index (χ1n) is 7.32. The van der Waals surface area contributed by atoms with Gasteiger partial charge in [-0.2, -0.15) is 20.1 Å². The van der Waals surface area contributed by atoms with Gasteiger partial charge in [-0.05, 0) is 12.5 Å². The summed E-state index contributed by atoms with van der Waals surface area (Å²) in [6.07, 6.45) is 4.57. The van der Waals surface area contributed by atoms with Gasteiger partial charge in [-0.3, -0.25) is 0 Å². The van der Waals surface area contributed by atoms with E-state index in [0.29, 0.717) is 17.8 Å². The Morgan fingerprint density at radius 2 is 2.00 bits per heavy atom. The molecule has 8 heteroatoms. The molecule has 0 bridgehead atoms. The second-order valence-electron chi connectivity index (χ2n) is 4.87. The van der Waals surface area contributed by atoms with E-state index in [1.54, 1.807) is 10.9 Å². The van der Waals surface area contributed by atoms with Crippen molar-refractivity contribution in [3.05, 3.63) is 18.5 Å². The minimum Gasteiger partial charge on any atom is -0.354 e. The number of anilines is 2. The van der Waals surface area contributed by atoms with Gasteiger partial charge < -0.3 is 15.5 Å². The number of nitrogens with zero attached hydrogens (tertiary/aromatic N) is 6. The zero-order valence-electron chi connectivity index (χ0n) is 12.2. The third-order valence-corrected chi connectivity index (χ3v) is 3.25. The maximum absolute atomic E-state index is 4.54. The van der Waals surface area contributed by atoms with Crippen LogP contribution in [-0.2, 0) is 0 Å². The molecule has 1 fully saturated rings. The molecule has 1 aliphatic heterocycles. The largest absolute Gasteiger partial charge is 0.354 e. The van der Waals surface area contributed by atoms with Gasteiger partial charge in [-0.15, -0.1) is 0 Å². The van der Waals surface area contributed by atoms with Crippen LogP contribution < -0.4 is 15.5 Å². The first-order valence-corrected chi connectivity index (χ1v) is 7.32. The molecule has 0 aromatic carbocycles. The number of hydrogen-bond donors (Lipinski definition) is 2. The predicted octanol–water partition coefficient (Wildman–Crippen LogP) is 0.289. The Morgan fingerprint density at radius 3 is 2.71 bits per heavy atom. The predicted molar refractivity (Wildman–Crippen MR) is 80.8 cm³/mol. The molecule has 0 aliphatic carbocycles. The summed E-state index contributed by atoms with van der Waals surface area (Å²) in [5.74, 6) is 1.85. The van der Waals surface area contributed by atoms with Crippen LogP contribution in [0.25, 0.3) is 5.95 Å². The first kappa shape index (κ1) is 13.7. The first-order chi connectivity index (χ1) is 10.4. The van der Waals surface area contributed by atoms with Gasteiger partial charge in [0.2, 0.25) is 11.9 Å². The molecule has 0 atom stereocenters. The number of piperazine rings is 1. The van der Waals surface area contributed by atoms with Gasteiger partial charge in [0.1, 0.15) is 0 Å². The van der Waals surface area contributed by atoms with Gasteiger partial charge in [0.15, 0.2) is 0 Å².